The lowest BCUT2D eigenvalue weighted by Crippen LogP contribution is -2.29. The summed E-state index contributed by atoms with van der Waals surface area (Å²) in [7, 11) is 0. The number of hydrogen-bond acceptors (Lipinski definition) is 2. The maximum atomic E-state index is 12.9. The minimum absolute atomic E-state index is 0.0741. The Labute approximate surface area is 112 Å². The van der Waals surface area contributed by atoms with Gasteiger partial charge in [-0.25, -0.2) is 13.6 Å². The molecule has 2 aliphatic rings. The predicted molar refractivity (Wildman–Crippen MR) is 71.0 cm³/mol. The van der Waals surface area contributed by atoms with Crippen LogP contribution in [0, 0.1) is 5.82 Å². The molecule has 0 aromatic carbocycles. The molecule has 1 atom stereocenters. The molecule has 1 unspecified atom stereocenters. The van der Waals surface area contributed by atoms with Gasteiger partial charge in [0.15, 0.2) is 6.17 Å². The highest BCUT2D eigenvalue weighted by atomic mass is 19.1. The lowest BCUT2D eigenvalue weighted by Gasteiger charge is -2.20. The van der Waals surface area contributed by atoms with Crippen molar-refractivity contribution in [2.45, 2.75) is 52.3 Å². The Bertz CT molecular complexity index is 450. The van der Waals surface area contributed by atoms with Gasteiger partial charge in [-0.2, -0.15) is 0 Å². The summed E-state index contributed by atoms with van der Waals surface area (Å²) in [5.74, 6) is -0.820. The molecule has 0 aromatic heterocycles. The molecule has 0 saturated heterocycles. The van der Waals surface area contributed by atoms with Crippen molar-refractivity contribution in [3.63, 3.8) is 0 Å². The Morgan fingerprint density at radius 3 is 2.26 bits per heavy atom. The molecule has 4 heteroatoms. The van der Waals surface area contributed by atoms with Crippen LogP contribution in [0.5, 0.6) is 0 Å². The first-order chi connectivity index (χ1) is 8.74. The fourth-order valence-electron chi connectivity index (χ4n) is 1.45. The number of benzene rings is 1. The second kappa shape index (κ2) is 6.13. The number of carbonyl (C=O) groups is 1. The van der Waals surface area contributed by atoms with Crippen molar-refractivity contribution < 1.29 is 18.3 Å². The molecule has 0 aromatic rings. The molecule has 106 valence electrons. The number of ether oxygens (including phenoxy) is 1. The lowest BCUT2D eigenvalue weighted by atomic mass is 10.2. The van der Waals surface area contributed by atoms with E-state index >= 15 is 0 Å². The molecule has 2 aliphatic carbocycles. The zero-order valence-corrected chi connectivity index (χ0v) is 11.8. The number of hydrogen-bond donors (Lipinski definition) is 0. The normalized spacial score (nSPS) is 13.2. The Kier molecular flexibility index (Phi) is 5.04. The highest BCUT2D eigenvalue weighted by molar-refractivity contribution is 5.81. The molecular formula is C15H20F2O2. The molecule has 0 bridgehead atoms. The number of halogens is 2. The molecule has 0 radical (unpaired) electrons. The predicted octanol–water partition coefficient (Wildman–Crippen LogP) is 4.27. The largest absolute Gasteiger partial charge is 0.458 e. The van der Waals surface area contributed by atoms with Crippen LogP contribution in [0.15, 0.2) is 18.2 Å². The van der Waals surface area contributed by atoms with Gasteiger partial charge in [-0.05, 0) is 44.9 Å². The minimum atomic E-state index is -1.46. The van der Waals surface area contributed by atoms with Crippen LogP contribution < -0.4 is 0 Å². The first-order valence-corrected chi connectivity index (χ1v) is 6.41. The summed E-state index contributed by atoms with van der Waals surface area (Å²) in [6.45, 7) is 7.01. The van der Waals surface area contributed by atoms with Crippen LogP contribution >= 0.6 is 0 Å². The molecule has 0 saturated carbocycles. The zero-order chi connectivity index (χ0) is 14.6. The van der Waals surface area contributed by atoms with Crippen molar-refractivity contribution in [2.75, 3.05) is 0 Å². The van der Waals surface area contributed by atoms with Crippen molar-refractivity contribution >= 4 is 5.97 Å². The molecule has 0 amide bonds. The second-order valence-corrected chi connectivity index (χ2v) is 5.48. The fourth-order valence-corrected chi connectivity index (χ4v) is 1.45. The van der Waals surface area contributed by atoms with Gasteiger partial charge < -0.3 is 4.74 Å². The summed E-state index contributed by atoms with van der Waals surface area (Å²) >= 11 is 0. The third kappa shape index (κ3) is 5.37. The number of fused-ring (bicyclic) bond motifs is 1. The lowest BCUT2D eigenvalue weighted by molar-refractivity contribution is -0.161. The molecule has 2 nitrogen and oxygen atoms in total. The van der Waals surface area contributed by atoms with Crippen molar-refractivity contribution in [3.8, 4) is 11.1 Å². The standard InChI is InChI=1S/C9H17FO2.C6H3F/c1-5-6-7(10)8(11)12-9(2,3)4;7-6-2-1-4-3-5(4)6/h7H,5-6H2,1-4H3;1-3H. The highest BCUT2D eigenvalue weighted by Gasteiger charge is 2.23. The molecule has 0 N–H and O–H groups in total. The van der Waals surface area contributed by atoms with Crippen LogP contribution in [-0.4, -0.2) is 17.7 Å². The molecule has 0 heterocycles. The van der Waals surface area contributed by atoms with Crippen LogP contribution in [0.4, 0.5) is 8.78 Å². The average molecular weight is 270 g/mol. The zero-order valence-electron chi connectivity index (χ0n) is 11.8. The van der Waals surface area contributed by atoms with E-state index in [9.17, 15) is 13.6 Å². The molecule has 0 aliphatic heterocycles. The smallest absolute Gasteiger partial charge is 0.341 e. The highest BCUT2D eigenvalue weighted by Crippen LogP contribution is 2.36. The van der Waals surface area contributed by atoms with Crippen LogP contribution in [0.3, 0.4) is 0 Å². The third-order valence-electron chi connectivity index (χ3n) is 2.40. The fraction of sp³-hybridized carbons (Fsp3) is 0.533. The van der Waals surface area contributed by atoms with Gasteiger partial charge in [-0.1, -0.05) is 19.4 Å². The number of alkyl halides is 1. The molecule has 0 fully saturated rings. The first-order valence-electron chi connectivity index (χ1n) is 6.41. The Balaban J connectivity index is 0.000000213. The summed E-state index contributed by atoms with van der Waals surface area (Å²) in [5, 5.41) is 0. The van der Waals surface area contributed by atoms with Crippen molar-refractivity contribution in [1.29, 1.82) is 0 Å². The quantitative estimate of drug-likeness (QED) is 0.778. The first kappa shape index (κ1) is 15.6. The summed E-state index contributed by atoms with van der Waals surface area (Å²) < 4.78 is 29.8. The monoisotopic (exact) mass is 270 g/mol. The van der Waals surface area contributed by atoms with Gasteiger partial charge in [-0.15, -0.1) is 0 Å². The average Bonchev–Trinajstić information content (AvgIpc) is 2.97. The summed E-state index contributed by atoms with van der Waals surface area (Å²) in [5.41, 5.74) is 1.28. The number of carbonyl (C=O) groups excluding carboxylic acids is 1. The Morgan fingerprint density at radius 2 is 2.00 bits per heavy atom. The van der Waals surface area contributed by atoms with E-state index in [1.807, 2.05) is 13.0 Å². The number of esters is 1. The van der Waals surface area contributed by atoms with Crippen molar-refractivity contribution in [2.24, 2.45) is 0 Å². The van der Waals surface area contributed by atoms with Crippen LogP contribution in [0.25, 0.3) is 11.1 Å². The van der Waals surface area contributed by atoms with E-state index in [0.29, 0.717) is 6.42 Å². The van der Waals surface area contributed by atoms with Gasteiger partial charge in [0.25, 0.3) is 0 Å². The maximum absolute atomic E-state index is 12.9. The van der Waals surface area contributed by atoms with Gasteiger partial charge in [0, 0.05) is 5.56 Å². The number of rotatable bonds is 3. The molecule has 19 heavy (non-hydrogen) atoms. The van der Waals surface area contributed by atoms with Gasteiger partial charge in [0.2, 0.25) is 0 Å². The summed E-state index contributed by atoms with van der Waals surface area (Å²) in [6, 6.07) is 5.10. The Hall–Kier alpha value is -1.45. The maximum Gasteiger partial charge on any atom is 0.341 e. The summed E-state index contributed by atoms with van der Waals surface area (Å²) in [6.07, 6.45) is -0.566. The van der Waals surface area contributed by atoms with Crippen LogP contribution in [0.2, 0.25) is 0 Å². The Morgan fingerprint density at radius 1 is 1.37 bits per heavy atom. The SMILES string of the molecule is CCCC(F)C(=O)OC(C)(C)C.Fc1ccc2cc1-2. The minimum Gasteiger partial charge on any atom is -0.458 e. The van der Waals surface area contributed by atoms with E-state index in [2.05, 4.69) is 0 Å². The summed E-state index contributed by atoms with van der Waals surface area (Å²) in [4.78, 5) is 11.0. The van der Waals surface area contributed by atoms with Gasteiger partial charge >= 0.3 is 5.97 Å². The van der Waals surface area contributed by atoms with Crippen LogP contribution in [-0.2, 0) is 9.53 Å². The molecule has 2 rings (SSSR count). The van der Waals surface area contributed by atoms with E-state index in [4.69, 9.17) is 4.74 Å². The van der Waals surface area contributed by atoms with Gasteiger partial charge in [0.1, 0.15) is 11.4 Å². The van der Waals surface area contributed by atoms with Crippen molar-refractivity contribution in [1.82, 2.24) is 0 Å². The second-order valence-electron chi connectivity index (χ2n) is 5.48. The van der Waals surface area contributed by atoms with E-state index in [0.717, 1.165) is 11.1 Å². The van der Waals surface area contributed by atoms with Crippen LogP contribution in [0.1, 0.15) is 40.5 Å². The van der Waals surface area contributed by atoms with Crippen molar-refractivity contribution in [3.05, 3.63) is 24.0 Å². The van der Waals surface area contributed by atoms with E-state index < -0.39 is 17.7 Å². The van der Waals surface area contributed by atoms with Gasteiger partial charge in [-0.3, -0.25) is 0 Å². The molecule has 0 spiro atoms. The molecular weight excluding hydrogens is 250 g/mol. The van der Waals surface area contributed by atoms with E-state index in [1.165, 1.54) is 6.07 Å². The van der Waals surface area contributed by atoms with E-state index in [1.54, 1.807) is 26.8 Å². The topological polar surface area (TPSA) is 26.3 Å². The third-order valence-corrected chi connectivity index (χ3v) is 2.40. The van der Waals surface area contributed by atoms with E-state index in [-0.39, 0.29) is 12.2 Å². The van der Waals surface area contributed by atoms with Gasteiger partial charge in [0.05, 0.1) is 0 Å².